The van der Waals surface area contributed by atoms with E-state index >= 15 is 0 Å². The van der Waals surface area contributed by atoms with Crippen molar-refractivity contribution in [1.29, 1.82) is 0 Å². The molecule has 3 rings (SSSR count). The van der Waals surface area contributed by atoms with Gasteiger partial charge in [0.15, 0.2) is 17.2 Å². The summed E-state index contributed by atoms with van der Waals surface area (Å²) in [4.78, 5) is 16.1. The lowest BCUT2D eigenvalue weighted by Gasteiger charge is -2.10. The number of halogens is 4. The number of methoxy groups -OCH3 is 1. The molecule has 0 amide bonds. The second-order valence-corrected chi connectivity index (χ2v) is 5.53. The van der Waals surface area contributed by atoms with Gasteiger partial charge in [0, 0.05) is 5.56 Å². The minimum Gasteiger partial charge on any atom is -0.493 e. The summed E-state index contributed by atoms with van der Waals surface area (Å²) >= 11 is 0. The van der Waals surface area contributed by atoms with Gasteiger partial charge in [-0.1, -0.05) is 6.07 Å². The molecule has 0 N–H and O–H groups in total. The second-order valence-electron chi connectivity index (χ2n) is 5.53. The van der Waals surface area contributed by atoms with E-state index in [2.05, 4.69) is 14.5 Å². The van der Waals surface area contributed by atoms with E-state index in [9.17, 15) is 22.4 Å². The first-order chi connectivity index (χ1) is 13.9. The highest BCUT2D eigenvalue weighted by Gasteiger charge is 2.24. The minimum atomic E-state index is -3.05. The van der Waals surface area contributed by atoms with Gasteiger partial charge in [0.25, 0.3) is 0 Å². The Labute approximate surface area is 162 Å². The molecule has 0 unspecified atom stereocenters. The molecule has 1 aliphatic rings. The number of cyclic esters (lactones) is 1. The summed E-state index contributed by atoms with van der Waals surface area (Å²) in [6.45, 7) is -6.01. The Morgan fingerprint density at radius 3 is 2.28 bits per heavy atom. The molecule has 1 aliphatic heterocycles. The van der Waals surface area contributed by atoms with Crippen LogP contribution in [0.25, 0.3) is 6.08 Å². The van der Waals surface area contributed by atoms with Crippen molar-refractivity contribution in [3.8, 4) is 17.2 Å². The van der Waals surface area contributed by atoms with Crippen LogP contribution in [0.1, 0.15) is 11.1 Å². The molecule has 0 fully saturated rings. The summed E-state index contributed by atoms with van der Waals surface area (Å²) < 4.78 is 68.1. The summed E-state index contributed by atoms with van der Waals surface area (Å²) in [5, 5.41) is 0. The quantitative estimate of drug-likeness (QED) is 0.387. The molecule has 0 spiro atoms. The average Bonchev–Trinajstić information content (AvgIpc) is 3.02. The van der Waals surface area contributed by atoms with Crippen LogP contribution in [0.3, 0.4) is 0 Å². The van der Waals surface area contributed by atoms with Gasteiger partial charge in [-0.05, 0) is 48.0 Å². The van der Waals surface area contributed by atoms with E-state index in [1.165, 1.54) is 55.7 Å². The van der Waals surface area contributed by atoms with E-state index in [1.807, 2.05) is 0 Å². The number of hydrogen-bond donors (Lipinski definition) is 0. The van der Waals surface area contributed by atoms with Crippen molar-refractivity contribution >= 4 is 17.9 Å². The lowest BCUT2D eigenvalue weighted by Crippen LogP contribution is -2.06. The highest BCUT2D eigenvalue weighted by molar-refractivity contribution is 6.12. The molecule has 0 bridgehead atoms. The fourth-order valence-electron chi connectivity index (χ4n) is 2.44. The molecular weight excluding hydrogens is 398 g/mol. The zero-order valence-electron chi connectivity index (χ0n) is 14.8. The van der Waals surface area contributed by atoms with Gasteiger partial charge in [0.1, 0.15) is 5.75 Å². The average molecular weight is 411 g/mol. The van der Waals surface area contributed by atoms with E-state index < -0.39 is 19.2 Å². The number of hydrogen-bond acceptors (Lipinski definition) is 6. The maximum atomic E-state index is 12.5. The first-order valence-electron chi connectivity index (χ1n) is 8.06. The Kier molecular flexibility index (Phi) is 6.01. The molecule has 29 heavy (non-hydrogen) atoms. The Balaban J connectivity index is 1.85. The Morgan fingerprint density at radius 2 is 1.66 bits per heavy atom. The molecule has 0 aromatic heterocycles. The van der Waals surface area contributed by atoms with Crippen molar-refractivity contribution in [2.24, 2.45) is 4.99 Å². The van der Waals surface area contributed by atoms with Crippen LogP contribution in [0.15, 0.2) is 53.2 Å². The molecule has 0 atom stereocenters. The minimum absolute atomic E-state index is 0.0394. The highest BCUT2D eigenvalue weighted by atomic mass is 19.3. The molecule has 2 aromatic carbocycles. The van der Waals surface area contributed by atoms with Gasteiger partial charge in [-0.3, -0.25) is 0 Å². The fourth-order valence-corrected chi connectivity index (χ4v) is 2.44. The number of benzene rings is 2. The third kappa shape index (κ3) is 5.03. The van der Waals surface area contributed by atoms with Gasteiger partial charge in [-0.15, -0.1) is 0 Å². The number of aliphatic imine (C=N–C) groups is 1. The first kappa shape index (κ1) is 20.2. The number of nitrogens with zero attached hydrogens (tertiary/aromatic N) is 1. The van der Waals surface area contributed by atoms with E-state index in [0.717, 1.165) is 0 Å². The Bertz CT molecular complexity index is 958. The van der Waals surface area contributed by atoms with E-state index in [-0.39, 0.29) is 28.8 Å². The van der Waals surface area contributed by atoms with Crippen molar-refractivity contribution in [2.45, 2.75) is 13.2 Å². The molecule has 0 radical (unpaired) electrons. The maximum Gasteiger partial charge on any atom is 0.387 e. The molecule has 0 saturated heterocycles. The van der Waals surface area contributed by atoms with Crippen LogP contribution in [0.4, 0.5) is 17.6 Å². The van der Waals surface area contributed by atoms with Gasteiger partial charge in [-0.25, -0.2) is 9.79 Å². The first-order valence-corrected chi connectivity index (χ1v) is 8.06. The van der Waals surface area contributed by atoms with Gasteiger partial charge in [0.05, 0.1) is 7.11 Å². The summed E-state index contributed by atoms with van der Waals surface area (Å²) in [7, 11) is 1.30. The largest absolute Gasteiger partial charge is 0.493 e. The van der Waals surface area contributed by atoms with Crippen LogP contribution in [0.5, 0.6) is 17.2 Å². The molecule has 1 heterocycles. The van der Waals surface area contributed by atoms with E-state index in [1.54, 1.807) is 0 Å². The number of alkyl halides is 4. The predicted octanol–water partition coefficient (Wildman–Crippen LogP) is 4.24. The van der Waals surface area contributed by atoms with E-state index in [4.69, 9.17) is 9.47 Å². The van der Waals surface area contributed by atoms with Gasteiger partial charge in [0.2, 0.25) is 5.90 Å². The van der Waals surface area contributed by atoms with Crippen molar-refractivity contribution < 1.29 is 41.3 Å². The van der Waals surface area contributed by atoms with Gasteiger partial charge < -0.3 is 18.9 Å². The van der Waals surface area contributed by atoms with Crippen LogP contribution >= 0.6 is 0 Å². The topological polar surface area (TPSA) is 66.3 Å². The number of esters is 1. The summed E-state index contributed by atoms with van der Waals surface area (Å²) in [6.07, 6.45) is 1.32. The fraction of sp³-hybridized carbons (Fsp3) is 0.158. The molecular formula is C19H13F4NO5. The zero-order valence-corrected chi connectivity index (χ0v) is 14.8. The van der Waals surface area contributed by atoms with Crippen molar-refractivity contribution in [2.75, 3.05) is 7.11 Å². The van der Waals surface area contributed by atoms with Crippen LogP contribution in [-0.4, -0.2) is 32.2 Å². The maximum absolute atomic E-state index is 12.5. The lowest BCUT2D eigenvalue weighted by atomic mass is 10.1. The SMILES string of the molecule is COc1ccc(/C=C2\N=C(c3ccc(OC(F)F)cc3)OC2=O)cc1OC(F)F. The highest BCUT2D eigenvalue weighted by Crippen LogP contribution is 2.31. The summed E-state index contributed by atoms with van der Waals surface area (Å²) in [6, 6.07) is 9.52. The lowest BCUT2D eigenvalue weighted by molar-refractivity contribution is -0.129. The van der Waals surface area contributed by atoms with Crippen LogP contribution < -0.4 is 14.2 Å². The van der Waals surface area contributed by atoms with Crippen molar-refractivity contribution in [3.05, 3.63) is 59.3 Å². The van der Waals surface area contributed by atoms with E-state index in [0.29, 0.717) is 11.1 Å². The van der Waals surface area contributed by atoms with Crippen molar-refractivity contribution in [3.63, 3.8) is 0 Å². The monoisotopic (exact) mass is 411 g/mol. The molecule has 0 aliphatic carbocycles. The molecule has 152 valence electrons. The summed E-state index contributed by atoms with van der Waals surface area (Å²) in [5.41, 5.74) is 0.625. The van der Waals surface area contributed by atoms with Crippen LogP contribution in [-0.2, 0) is 9.53 Å². The Morgan fingerprint density at radius 1 is 0.966 bits per heavy atom. The molecule has 0 saturated carbocycles. The molecule has 2 aromatic rings. The smallest absolute Gasteiger partial charge is 0.387 e. The summed E-state index contributed by atoms with van der Waals surface area (Å²) in [5.74, 6) is -0.976. The Hall–Kier alpha value is -3.56. The number of rotatable bonds is 7. The van der Waals surface area contributed by atoms with Crippen LogP contribution in [0.2, 0.25) is 0 Å². The van der Waals surface area contributed by atoms with Gasteiger partial charge in [-0.2, -0.15) is 17.6 Å². The number of carbonyl (C=O) groups is 1. The number of ether oxygens (including phenoxy) is 4. The van der Waals surface area contributed by atoms with Crippen molar-refractivity contribution in [1.82, 2.24) is 0 Å². The second kappa shape index (κ2) is 8.63. The van der Waals surface area contributed by atoms with Crippen LogP contribution in [0, 0.1) is 0 Å². The number of carbonyl (C=O) groups excluding carboxylic acids is 1. The predicted molar refractivity (Wildman–Crippen MR) is 93.3 cm³/mol. The van der Waals surface area contributed by atoms with Gasteiger partial charge >= 0.3 is 19.2 Å². The third-order valence-corrected chi connectivity index (χ3v) is 3.65. The standard InChI is InChI=1S/C19H13F4NO5/c1-26-14-7-2-10(9-15(14)28-19(22)23)8-13-17(25)29-16(24-13)11-3-5-12(6-4-11)27-18(20)21/h2-9,18-19H,1H3/b13-8-. The normalized spacial score (nSPS) is 14.9. The molecule has 6 nitrogen and oxygen atoms in total. The zero-order chi connectivity index (χ0) is 21.0. The third-order valence-electron chi connectivity index (χ3n) is 3.65. The molecule has 10 heteroatoms.